The van der Waals surface area contributed by atoms with Crippen molar-refractivity contribution in [2.24, 2.45) is 17.8 Å². The number of esters is 1. The van der Waals surface area contributed by atoms with Gasteiger partial charge >= 0.3 is 5.97 Å². The van der Waals surface area contributed by atoms with Crippen LogP contribution in [0.25, 0.3) is 0 Å². The SMILES string of the molecule is CCOC(=O)CN(CCOC)C(=O)C1CC2CCC1C2. The van der Waals surface area contributed by atoms with Crippen molar-refractivity contribution in [3.8, 4) is 0 Å². The molecule has 0 aromatic carbocycles. The second kappa shape index (κ2) is 7.07. The third-order valence-corrected chi connectivity index (χ3v) is 4.56. The van der Waals surface area contributed by atoms with E-state index in [0.717, 1.165) is 12.3 Å². The molecule has 20 heavy (non-hydrogen) atoms. The molecule has 0 aromatic rings. The topological polar surface area (TPSA) is 55.8 Å². The van der Waals surface area contributed by atoms with Gasteiger partial charge in [0.05, 0.1) is 13.2 Å². The van der Waals surface area contributed by atoms with Crippen molar-refractivity contribution in [1.82, 2.24) is 4.90 Å². The highest BCUT2D eigenvalue weighted by atomic mass is 16.5. The number of methoxy groups -OCH3 is 1. The lowest BCUT2D eigenvalue weighted by Gasteiger charge is -2.28. The monoisotopic (exact) mass is 283 g/mol. The van der Waals surface area contributed by atoms with Crippen molar-refractivity contribution in [1.29, 1.82) is 0 Å². The lowest BCUT2D eigenvalue weighted by atomic mass is 9.87. The van der Waals surface area contributed by atoms with E-state index in [4.69, 9.17) is 9.47 Å². The van der Waals surface area contributed by atoms with Crippen LogP contribution in [0.2, 0.25) is 0 Å². The van der Waals surface area contributed by atoms with Gasteiger partial charge in [-0.25, -0.2) is 0 Å². The van der Waals surface area contributed by atoms with Crippen LogP contribution in [-0.4, -0.2) is 50.2 Å². The van der Waals surface area contributed by atoms with Crippen LogP contribution in [0.3, 0.4) is 0 Å². The first kappa shape index (κ1) is 15.3. The molecule has 0 aromatic heterocycles. The molecular weight excluding hydrogens is 258 g/mol. The Hall–Kier alpha value is -1.10. The molecular formula is C15H25NO4. The number of carbonyl (C=O) groups is 2. The highest BCUT2D eigenvalue weighted by molar-refractivity contribution is 5.84. The molecule has 3 atom stereocenters. The van der Waals surface area contributed by atoms with E-state index in [1.165, 1.54) is 19.3 Å². The van der Waals surface area contributed by atoms with Gasteiger partial charge in [0, 0.05) is 19.6 Å². The van der Waals surface area contributed by atoms with Gasteiger partial charge in [-0.15, -0.1) is 0 Å². The molecule has 2 fully saturated rings. The average Bonchev–Trinajstić information content (AvgIpc) is 3.05. The first-order valence-corrected chi connectivity index (χ1v) is 7.59. The highest BCUT2D eigenvalue weighted by Crippen LogP contribution is 2.48. The lowest BCUT2D eigenvalue weighted by Crippen LogP contribution is -2.43. The van der Waals surface area contributed by atoms with Crippen LogP contribution < -0.4 is 0 Å². The predicted octanol–water partition coefficient (Wildman–Crippen LogP) is 1.46. The fourth-order valence-corrected chi connectivity index (χ4v) is 3.61. The van der Waals surface area contributed by atoms with Crippen LogP contribution in [0.1, 0.15) is 32.6 Å². The molecule has 0 aliphatic heterocycles. The zero-order valence-electron chi connectivity index (χ0n) is 12.5. The summed E-state index contributed by atoms with van der Waals surface area (Å²) in [5.41, 5.74) is 0. The van der Waals surface area contributed by atoms with Gasteiger partial charge in [-0.3, -0.25) is 9.59 Å². The maximum atomic E-state index is 12.6. The van der Waals surface area contributed by atoms with Crippen molar-refractivity contribution < 1.29 is 19.1 Å². The maximum absolute atomic E-state index is 12.6. The lowest BCUT2D eigenvalue weighted by molar-refractivity contribution is -0.151. The second-order valence-electron chi connectivity index (χ2n) is 5.84. The standard InChI is InChI=1S/C15H25NO4/c1-3-20-14(17)10-16(6-7-19-2)15(18)13-9-11-4-5-12(13)8-11/h11-13H,3-10H2,1-2H3. The van der Waals surface area contributed by atoms with Crippen LogP contribution in [0.5, 0.6) is 0 Å². The summed E-state index contributed by atoms with van der Waals surface area (Å²) in [7, 11) is 1.60. The number of amides is 1. The van der Waals surface area contributed by atoms with Gasteiger partial charge in [0.2, 0.25) is 5.91 Å². The van der Waals surface area contributed by atoms with Crippen LogP contribution in [0.15, 0.2) is 0 Å². The summed E-state index contributed by atoms with van der Waals surface area (Å²) in [4.78, 5) is 25.9. The van der Waals surface area contributed by atoms with E-state index in [-0.39, 0.29) is 24.3 Å². The molecule has 2 saturated carbocycles. The molecule has 1 amide bonds. The fourth-order valence-electron chi connectivity index (χ4n) is 3.61. The van der Waals surface area contributed by atoms with Crippen LogP contribution in [0.4, 0.5) is 0 Å². The minimum absolute atomic E-state index is 0.0456. The molecule has 114 valence electrons. The summed E-state index contributed by atoms with van der Waals surface area (Å²) >= 11 is 0. The third kappa shape index (κ3) is 3.51. The van der Waals surface area contributed by atoms with Gasteiger partial charge in [-0.1, -0.05) is 6.42 Å². The summed E-state index contributed by atoms with van der Waals surface area (Å²) < 4.78 is 10.00. The predicted molar refractivity (Wildman–Crippen MR) is 74.0 cm³/mol. The molecule has 2 aliphatic carbocycles. The summed E-state index contributed by atoms with van der Waals surface area (Å²) in [6.45, 7) is 3.08. The molecule has 0 heterocycles. The smallest absolute Gasteiger partial charge is 0.325 e. The fraction of sp³-hybridized carbons (Fsp3) is 0.867. The molecule has 2 bridgehead atoms. The molecule has 0 spiro atoms. The first-order valence-electron chi connectivity index (χ1n) is 7.59. The number of ether oxygens (including phenoxy) is 2. The Bertz CT molecular complexity index is 358. The third-order valence-electron chi connectivity index (χ3n) is 4.56. The Morgan fingerprint density at radius 1 is 1.25 bits per heavy atom. The van der Waals surface area contributed by atoms with Gasteiger partial charge in [0.25, 0.3) is 0 Å². The number of rotatable bonds is 7. The summed E-state index contributed by atoms with van der Waals surface area (Å²) in [6.07, 6.45) is 4.62. The van der Waals surface area contributed by atoms with Crippen molar-refractivity contribution in [2.75, 3.05) is 33.4 Å². The van der Waals surface area contributed by atoms with Crippen molar-refractivity contribution in [2.45, 2.75) is 32.6 Å². The minimum atomic E-state index is -0.333. The molecule has 2 rings (SSSR count). The normalized spacial score (nSPS) is 27.6. The van der Waals surface area contributed by atoms with Gasteiger partial charge in [-0.05, 0) is 38.0 Å². The minimum Gasteiger partial charge on any atom is -0.465 e. The first-order chi connectivity index (χ1) is 9.65. The van der Waals surface area contributed by atoms with Crippen LogP contribution >= 0.6 is 0 Å². The highest BCUT2D eigenvalue weighted by Gasteiger charge is 2.44. The van der Waals surface area contributed by atoms with Gasteiger partial charge in [-0.2, -0.15) is 0 Å². The van der Waals surface area contributed by atoms with E-state index in [9.17, 15) is 9.59 Å². The molecule has 0 radical (unpaired) electrons. The second-order valence-corrected chi connectivity index (χ2v) is 5.84. The van der Waals surface area contributed by atoms with E-state index in [0.29, 0.717) is 25.7 Å². The Morgan fingerprint density at radius 3 is 2.60 bits per heavy atom. The Kier molecular flexibility index (Phi) is 5.40. The Labute approximate surface area is 120 Å². The van der Waals surface area contributed by atoms with Gasteiger partial charge in [0.15, 0.2) is 0 Å². The molecule has 5 heteroatoms. The van der Waals surface area contributed by atoms with Crippen molar-refractivity contribution >= 4 is 11.9 Å². The largest absolute Gasteiger partial charge is 0.465 e. The number of hydrogen-bond donors (Lipinski definition) is 0. The number of carbonyl (C=O) groups excluding carboxylic acids is 2. The Morgan fingerprint density at radius 2 is 2.05 bits per heavy atom. The molecule has 3 unspecified atom stereocenters. The quantitative estimate of drug-likeness (QED) is 0.664. The molecule has 2 aliphatic rings. The van der Waals surface area contributed by atoms with Gasteiger partial charge < -0.3 is 14.4 Å². The Balaban J connectivity index is 1.94. The van der Waals surface area contributed by atoms with E-state index in [1.54, 1.807) is 18.9 Å². The zero-order chi connectivity index (χ0) is 14.5. The zero-order valence-corrected chi connectivity index (χ0v) is 12.5. The summed E-state index contributed by atoms with van der Waals surface area (Å²) in [6, 6.07) is 0. The van der Waals surface area contributed by atoms with E-state index in [2.05, 4.69) is 0 Å². The van der Waals surface area contributed by atoms with E-state index < -0.39 is 0 Å². The molecule has 0 N–H and O–H groups in total. The number of fused-ring (bicyclic) bond motifs is 2. The molecule has 5 nitrogen and oxygen atoms in total. The van der Waals surface area contributed by atoms with Gasteiger partial charge in [0.1, 0.15) is 6.54 Å². The van der Waals surface area contributed by atoms with Crippen LogP contribution in [0, 0.1) is 17.8 Å². The average molecular weight is 283 g/mol. The number of hydrogen-bond acceptors (Lipinski definition) is 4. The summed E-state index contributed by atoms with van der Waals surface area (Å²) in [5, 5.41) is 0. The van der Waals surface area contributed by atoms with Crippen LogP contribution in [-0.2, 0) is 19.1 Å². The maximum Gasteiger partial charge on any atom is 0.325 e. The van der Waals surface area contributed by atoms with Crippen molar-refractivity contribution in [3.05, 3.63) is 0 Å². The molecule has 0 saturated heterocycles. The van der Waals surface area contributed by atoms with E-state index in [1.807, 2.05) is 0 Å². The summed E-state index contributed by atoms with van der Waals surface area (Å²) in [5.74, 6) is 1.14. The van der Waals surface area contributed by atoms with Crippen molar-refractivity contribution in [3.63, 3.8) is 0 Å². The number of nitrogens with zero attached hydrogens (tertiary/aromatic N) is 1. The van der Waals surface area contributed by atoms with E-state index >= 15 is 0 Å².